The van der Waals surface area contributed by atoms with E-state index in [2.05, 4.69) is 0 Å². The Morgan fingerprint density at radius 2 is 1.46 bits per heavy atom. The number of hydrogen-bond donors (Lipinski definition) is 2. The number of fused-ring (bicyclic) bond motifs is 1. The Balaban J connectivity index is 2.22. The average Bonchev–Trinajstić information content (AvgIpc) is 2.74. The van der Waals surface area contributed by atoms with E-state index < -0.39 is 64.9 Å². The van der Waals surface area contributed by atoms with Crippen molar-refractivity contribution in [2.45, 2.75) is 56.3 Å². The van der Waals surface area contributed by atoms with Crippen molar-refractivity contribution in [2.75, 3.05) is 4.90 Å². The van der Waals surface area contributed by atoms with Crippen LogP contribution in [0.4, 0.5) is 50.0 Å². The molecule has 192 valence electrons. The molecule has 0 radical (unpaired) electrons. The number of carboxylic acid groups (broad SMARTS) is 1. The number of benzene rings is 2. The number of halogens is 9. The Morgan fingerprint density at radius 1 is 0.943 bits per heavy atom. The summed E-state index contributed by atoms with van der Waals surface area (Å²) in [5.41, 5.74) is 0.763. The molecule has 3 rings (SSSR count). The topological polar surface area (TPSA) is 66.6 Å². The molecule has 0 aliphatic carbocycles. The van der Waals surface area contributed by atoms with Crippen molar-refractivity contribution in [3.05, 3.63) is 64.2 Å². The van der Waals surface area contributed by atoms with Crippen LogP contribution in [-0.2, 0) is 18.5 Å². The van der Waals surface area contributed by atoms with Crippen LogP contribution in [0.15, 0.2) is 36.4 Å². The molecule has 2 aromatic rings. The number of nitrogens with zero attached hydrogens (tertiary/aromatic N) is 1. The van der Waals surface area contributed by atoms with Crippen molar-refractivity contribution in [1.82, 2.24) is 0 Å². The molecule has 1 amide bonds. The predicted octanol–water partition coefficient (Wildman–Crippen LogP) is 7.19. The van der Waals surface area contributed by atoms with Gasteiger partial charge in [0.2, 0.25) is 0 Å². The highest BCUT2D eigenvalue weighted by molar-refractivity contribution is 5.89. The van der Waals surface area contributed by atoms with E-state index in [-0.39, 0.29) is 30.2 Å². The molecule has 0 unspecified atom stereocenters. The zero-order valence-corrected chi connectivity index (χ0v) is 17.9. The number of amides is 1. The van der Waals surface area contributed by atoms with Crippen LogP contribution in [0.2, 0.25) is 0 Å². The van der Waals surface area contributed by atoms with Crippen LogP contribution in [0.1, 0.15) is 59.5 Å². The molecular formula is C22H19F9N2O2. The number of nitrogens with two attached hydrogens (primary N) is 1. The predicted molar refractivity (Wildman–Crippen MR) is 107 cm³/mol. The molecule has 3 N–H and O–H groups in total. The second-order valence-corrected chi connectivity index (χ2v) is 8.19. The summed E-state index contributed by atoms with van der Waals surface area (Å²) in [6, 6.07) is 0.581. The summed E-state index contributed by atoms with van der Waals surface area (Å²) in [5.74, 6) is -1.20. The van der Waals surface area contributed by atoms with E-state index in [0.29, 0.717) is 24.3 Å². The van der Waals surface area contributed by atoms with Gasteiger partial charge in [-0.1, -0.05) is 6.92 Å². The maximum atomic E-state index is 13.4. The van der Waals surface area contributed by atoms with Crippen LogP contribution in [-0.4, -0.2) is 17.2 Å². The van der Waals surface area contributed by atoms with Gasteiger partial charge in [-0.15, -0.1) is 0 Å². The smallest absolute Gasteiger partial charge is 0.416 e. The molecule has 3 atom stereocenters. The van der Waals surface area contributed by atoms with Crippen LogP contribution in [0.5, 0.6) is 0 Å². The third kappa shape index (κ3) is 5.34. The van der Waals surface area contributed by atoms with Crippen molar-refractivity contribution in [2.24, 2.45) is 5.73 Å². The highest BCUT2D eigenvalue weighted by Gasteiger charge is 2.42. The van der Waals surface area contributed by atoms with Crippen molar-refractivity contribution in [3.63, 3.8) is 0 Å². The Bertz CT molecular complexity index is 1080. The van der Waals surface area contributed by atoms with E-state index in [1.54, 1.807) is 6.92 Å². The molecule has 0 saturated carbocycles. The second kappa shape index (κ2) is 8.92. The van der Waals surface area contributed by atoms with E-state index in [1.807, 2.05) is 0 Å². The summed E-state index contributed by atoms with van der Waals surface area (Å²) in [4.78, 5) is 12.7. The monoisotopic (exact) mass is 514 g/mol. The minimum atomic E-state index is -5.14. The van der Waals surface area contributed by atoms with E-state index in [1.165, 1.54) is 0 Å². The largest absolute Gasteiger partial charge is 0.465 e. The fourth-order valence-electron chi connectivity index (χ4n) is 4.32. The Hall–Kier alpha value is -2.96. The van der Waals surface area contributed by atoms with E-state index in [0.717, 1.165) is 11.0 Å². The summed E-state index contributed by atoms with van der Waals surface area (Å²) in [6.07, 6.45) is -16.6. The fourth-order valence-corrected chi connectivity index (χ4v) is 4.32. The third-order valence-corrected chi connectivity index (χ3v) is 6.01. The minimum absolute atomic E-state index is 0.0756. The van der Waals surface area contributed by atoms with E-state index >= 15 is 0 Å². The molecule has 35 heavy (non-hydrogen) atoms. The normalized spacial score (nSPS) is 19.9. The minimum Gasteiger partial charge on any atom is -0.465 e. The molecule has 0 saturated heterocycles. The van der Waals surface area contributed by atoms with Crippen LogP contribution >= 0.6 is 0 Å². The van der Waals surface area contributed by atoms with Crippen molar-refractivity contribution < 1.29 is 49.4 Å². The highest BCUT2D eigenvalue weighted by atomic mass is 19.4. The standard InChI is InChI=1S/C22H19F9N2O2/c1-2-14-9-16(15-8-11(20(23,24)25)3-4-17(15)33(14)19(34)35)18(32)10-5-12(21(26,27)28)7-13(6-10)22(29,30)31/h3-8,14,16,18H,2,9,32H2,1H3,(H,34,35)/t14-,16+,18-/m1/s1. The van der Waals surface area contributed by atoms with Gasteiger partial charge in [0, 0.05) is 18.0 Å². The van der Waals surface area contributed by atoms with Crippen LogP contribution in [0.3, 0.4) is 0 Å². The zero-order valence-electron chi connectivity index (χ0n) is 17.9. The number of rotatable bonds is 3. The van der Waals surface area contributed by atoms with Gasteiger partial charge in [0.25, 0.3) is 0 Å². The summed E-state index contributed by atoms with van der Waals surface area (Å²) in [7, 11) is 0. The first-order valence-corrected chi connectivity index (χ1v) is 10.2. The number of carbonyl (C=O) groups is 1. The lowest BCUT2D eigenvalue weighted by Crippen LogP contribution is -2.45. The van der Waals surface area contributed by atoms with Gasteiger partial charge in [-0.25, -0.2) is 4.79 Å². The van der Waals surface area contributed by atoms with Crippen LogP contribution in [0, 0.1) is 0 Å². The van der Waals surface area contributed by atoms with Crippen molar-refractivity contribution in [1.29, 1.82) is 0 Å². The second-order valence-electron chi connectivity index (χ2n) is 8.19. The van der Waals surface area contributed by atoms with Gasteiger partial charge >= 0.3 is 24.6 Å². The molecule has 4 nitrogen and oxygen atoms in total. The van der Waals surface area contributed by atoms with Crippen molar-refractivity contribution >= 4 is 11.8 Å². The SMILES string of the molecule is CC[C@@H]1C[C@H]([C@H](N)c2cc(C(F)(F)F)cc(C(F)(F)F)c2)c2cc(C(F)(F)F)ccc2N1C(=O)O. The molecule has 2 aromatic carbocycles. The molecule has 1 aliphatic rings. The van der Waals surface area contributed by atoms with E-state index in [4.69, 9.17) is 5.73 Å². The van der Waals surface area contributed by atoms with Crippen LogP contribution < -0.4 is 10.6 Å². The number of alkyl halides is 9. The quantitative estimate of drug-likeness (QED) is 0.426. The maximum absolute atomic E-state index is 13.4. The first-order valence-electron chi connectivity index (χ1n) is 10.2. The Morgan fingerprint density at radius 3 is 1.89 bits per heavy atom. The molecule has 13 heteroatoms. The fraction of sp³-hybridized carbons (Fsp3) is 0.409. The first kappa shape index (κ1) is 26.6. The summed E-state index contributed by atoms with van der Waals surface area (Å²) in [5, 5.41) is 9.63. The first-order chi connectivity index (χ1) is 15.9. The molecule has 0 bridgehead atoms. The molecule has 0 spiro atoms. The van der Waals surface area contributed by atoms with E-state index in [9.17, 15) is 49.4 Å². The van der Waals surface area contributed by atoms with Gasteiger partial charge in [-0.05, 0) is 60.4 Å². The van der Waals surface area contributed by atoms with Gasteiger partial charge in [0.1, 0.15) is 0 Å². The molecular weight excluding hydrogens is 495 g/mol. The van der Waals surface area contributed by atoms with Gasteiger partial charge in [-0.3, -0.25) is 4.90 Å². The lowest BCUT2D eigenvalue weighted by molar-refractivity contribution is -0.143. The summed E-state index contributed by atoms with van der Waals surface area (Å²) >= 11 is 0. The van der Waals surface area contributed by atoms with Gasteiger partial charge < -0.3 is 10.8 Å². The Labute approximate surface area is 193 Å². The Kier molecular flexibility index (Phi) is 6.79. The highest BCUT2D eigenvalue weighted by Crippen LogP contribution is 2.48. The molecule has 0 aromatic heterocycles. The number of hydrogen-bond acceptors (Lipinski definition) is 2. The molecule has 1 aliphatic heterocycles. The molecule has 0 fully saturated rings. The lowest BCUT2D eigenvalue weighted by Gasteiger charge is -2.41. The van der Waals surface area contributed by atoms with Gasteiger partial charge in [0.05, 0.1) is 22.4 Å². The van der Waals surface area contributed by atoms with Crippen molar-refractivity contribution in [3.8, 4) is 0 Å². The third-order valence-electron chi connectivity index (χ3n) is 6.01. The number of anilines is 1. The zero-order chi connectivity index (χ0) is 26.5. The van der Waals surface area contributed by atoms with Crippen LogP contribution in [0.25, 0.3) is 0 Å². The average molecular weight is 514 g/mol. The lowest BCUT2D eigenvalue weighted by atomic mass is 9.77. The summed E-state index contributed by atoms with van der Waals surface area (Å²) < 4.78 is 120. The molecule has 1 heterocycles. The van der Waals surface area contributed by atoms with Gasteiger partial charge in [-0.2, -0.15) is 39.5 Å². The van der Waals surface area contributed by atoms with Gasteiger partial charge in [0.15, 0.2) is 0 Å². The maximum Gasteiger partial charge on any atom is 0.416 e. The summed E-state index contributed by atoms with van der Waals surface area (Å²) in [6.45, 7) is 1.59.